The molecule has 1 fully saturated rings. The van der Waals surface area contributed by atoms with Gasteiger partial charge >= 0.3 is 0 Å². The van der Waals surface area contributed by atoms with Crippen LogP contribution in [0.3, 0.4) is 0 Å². The zero-order valence-corrected chi connectivity index (χ0v) is 9.66. The predicted octanol–water partition coefficient (Wildman–Crippen LogP) is 1.66. The first kappa shape index (κ1) is 10.6. The van der Waals surface area contributed by atoms with Gasteiger partial charge in [0.1, 0.15) is 16.8 Å². The van der Waals surface area contributed by atoms with Crippen molar-refractivity contribution in [2.75, 3.05) is 24.7 Å². The first-order valence-electron chi connectivity index (χ1n) is 5.02. The van der Waals surface area contributed by atoms with E-state index < -0.39 is 0 Å². The molecule has 1 atom stereocenters. The summed E-state index contributed by atoms with van der Waals surface area (Å²) in [4.78, 5) is 10.6. The van der Waals surface area contributed by atoms with E-state index in [1.165, 1.54) is 0 Å². The number of aryl methyl sites for hydroxylation is 1. The molecule has 1 aromatic heterocycles. The number of ether oxygens (including phenoxy) is 1. The second-order valence-electron chi connectivity index (χ2n) is 3.71. The molecule has 4 nitrogen and oxygen atoms in total. The highest BCUT2D eigenvalue weighted by atomic mass is 35.5. The molecule has 82 valence electrons. The molecule has 15 heavy (non-hydrogen) atoms. The van der Waals surface area contributed by atoms with E-state index in [-0.39, 0.29) is 0 Å². The average Bonchev–Trinajstić information content (AvgIpc) is 2.16. The number of aromatic nitrogens is 2. The molecule has 5 heteroatoms. The van der Waals surface area contributed by atoms with Gasteiger partial charge in [-0.25, -0.2) is 9.97 Å². The smallest absolute Gasteiger partial charge is 0.134 e. The second-order valence-corrected chi connectivity index (χ2v) is 4.10. The quantitative estimate of drug-likeness (QED) is 0.684. The number of hydrogen-bond acceptors (Lipinski definition) is 4. The third kappa shape index (κ3) is 2.38. The Labute approximate surface area is 94.2 Å². The summed E-state index contributed by atoms with van der Waals surface area (Å²) in [6.07, 6.45) is 0. The lowest BCUT2D eigenvalue weighted by Gasteiger charge is -2.34. The van der Waals surface area contributed by atoms with Crippen molar-refractivity contribution in [3.05, 3.63) is 17.0 Å². The Morgan fingerprint density at radius 3 is 3.00 bits per heavy atom. The van der Waals surface area contributed by atoms with Gasteiger partial charge in [-0.1, -0.05) is 11.6 Å². The predicted molar refractivity (Wildman–Crippen MR) is 59.4 cm³/mol. The van der Waals surface area contributed by atoms with Gasteiger partial charge in [-0.3, -0.25) is 0 Å². The number of anilines is 1. The number of halogens is 1. The average molecular weight is 228 g/mol. The number of morpholine rings is 1. The minimum atomic E-state index is 0.337. The van der Waals surface area contributed by atoms with Crippen LogP contribution in [0.15, 0.2) is 6.07 Å². The Kier molecular flexibility index (Phi) is 3.07. The molecule has 1 unspecified atom stereocenters. The van der Waals surface area contributed by atoms with Crippen molar-refractivity contribution in [1.29, 1.82) is 0 Å². The summed E-state index contributed by atoms with van der Waals surface area (Å²) in [6.45, 7) is 6.30. The maximum absolute atomic E-state index is 5.91. The normalized spacial score (nSPS) is 21.8. The Balaban J connectivity index is 2.27. The molecular weight excluding hydrogens is 214 g/mol. The van der Waals surface area contributed by atoms with Gasteiger partial charge in [0.25, 0.3) is 0 Å². The van der Waals surface area contributed by atoms with E-state index in [9.17, 15) is 0 Å². The minimum Gasteiger partial charge on any atom is -0.377 e. The van der Waals surface area contributed by atoms with Crippen LogP contribution in [0.2, 0.25) is 5.15 Å². The van der Waals surface area contributed by atoms with Crippen molar-refractivity contribution in [2.24, 2.45) is 0 Å². The van der Waals surface area contributed by atoms with Gasteiger partial charge in [-0.05, 0) is 13.8 Å². The first-order chi connectivity index (χ1) is 7.16. The number of hydrogen-bond donors (Lipinski definition) is 0. The van der Waals surface area contributed by atoms with Crippen molar-refractivity contribution in [3.63, 3.8) is 0 Å². The highest BCUT2D eigenvalue weighted by Crippen LogP contribution is 2.19. The van der Waals surface area contributed by atoms with E-state index in [4.69, 9.17) is 16.3 Å². The zero-order chi connectivity index (χ0) is 10.8. The summed E-state index contributed by atoms with van der Waals surface area (Å²) in [5.74, 6) is 1.60. The van der Waals surface area contributed by atoms with E-state index in [0.717, 1.165) is 25.6 Å². The Hall–Kier alpha value is -0.870. The van der Waals surface area contributed by atoms with Gasteiger partial charge < -0.3 is 9.64 Å². The van der Waals surface area contributed by atoms with Crippen molar-refractivity contribution < 1.29 is 4.74 Å². The number of nitrogens with zero attached hydrogens (tertiary/aromatic N) is 3. The molecule has 0 N–H and O–H groups in total. The number of rotatable bonds is 1. The van der Waals surface area contributed by atoms with E-state index >= 15 is 0 Å². The molecule has 1 aliphatic heterocycles. The zero-order valence-electron chi connectivity index (χ0n) is 8.90. The molecule has 2 rings (SSSR count). The molecule has 0 aliphatic carbocycles. The van der Waals surface area contributed by atoms with Crippen LogP contribution in [-0.4, -0.2) is 35.8 Å². The second kappa shape index (κ2) is 4.33. The maximum atomic E-state index is 5.91. The minimum absolute atomic E-state index is 0.337. The topological polar surface area (TPSA) is 38.2 Å². The third-order valence-electron chi connectivity index (χ3n) is 2.46. The van der Waals surface area contributed by atoms with Crippen LogP contribution in [0.4, 0.5) is 5.82 Å². The SMILES string of the molecule is Cc1nc(Cl)cc(N2CCOCC2C)n1. The highest BCUT2D eigenvalue weighted by Gasteiger charge is 2.20. The Bertz CT molecular complexity index is 338. The van der Waals surface area contributed by atoms with Crippen LogP contribution in [0, 0.1) is 6.92 Å². The summed E-state index contributed by atoms with van der Waals surface area (Å²) >= 11 is 5.91. The standard InChI is InChI=1S/C10H14ClN3O/c1-7-6-15-4-3-14(7)10-5-9(11)12-8(2)13-10/h5,7H,3-4,6H2,1-2H3. The molecule has 0 amide bonds. The van der Waals surface area contributed by atoms with Crippen molar-refractivity contribution in [3.8, 4) is 0 Å². The summed E-state index contributed by atoms with van der Waals surface area (Å²) in [6, 6.07) is 2.14. The lowest BCUT2D eigenvalue weighted by molar-refractivity contribution is 0.0985. The summed E-state index contributed by atoms with van der Waals surface area (Å²) in [5.41, 5.74) is 0. The van der Waals surface area contributed by atoms with E-state index in [0.29, 0.717) is 17.0 Å². The van der Waals surface area contributed by atoms with Gasteiger partial charge in [0.2, 0.25) is 0 Å². The fourth-order valence-electron chi connectivity index (χ4n) is 1.73. The van der Waals surface area contributed by atoms with Crippen LogP contribution in [-0.2, 0) is 4.74 Å². The van der Waals surface area contributed by atoms with E-state index in [1.807, 2.05) is 6.92 Å². The molecule has 1 aliphatic rings. The summed E-state index contributed by atoms with van der Waals surface area (Å²) < 4.78 is 5.38. The van der Waals surface area contributed by atoms with Crippen molar-refractivity contribution in [2.45, 2.75) is 19.9 Å². The lowest BCUT2D eigenvalue weighted by atomic mass is 10.2. The fraction of sp³-hybridized carbons (Fsp3) is 0.600. The maximum Gasteiger partial charge on any atom is 0.134 e. The molecule has 0 spiro atoms. The largest absolute Gasteiger partial charge is 0.377 e. The monoisotopic (exact) mass is 227 g/mol. The molecular formula is C10H14ClN3O. The molecule has 0 radical (unpaired) electrons. The fourth-order valence-corrected chi connectivity index (χ4v) is 1.95. The van der Waals surface area contributed by atoms with Crippen molar-refractivity contribution >= 4 is 17.4 Å². The Morgan fingerprint density at radius 1 is 1.53 bits per heavy atom. The summed E-state index contributed by atoms with van der Waals surface area (Å²) in [7, 11) is 0. The van der Waals surface area contributed by atoms with Crippen LogP contribution >= 0.6 is 11.6 Å². The van der Waals surface area contributed by atoms with Crippen molar-refractivity contribution in [1.82, 2.24) is 9.97 Å². The van der Waals surface area contributed by atoms with Crippen LogP contribution in [0.5, 0.6) is 0 Å². The molecule has 1 aromatic rings. The molecule has 0 bridgehead atoms. The van der Waals surface area contributed by atoms with E-state index in [1.54, 1.807) is 6.07 Å². The summed E-state index contributed by atoms with van der Waals surface area (Å²) in [5, 5.41) is 0.496. The van der Waals surface area contributed by atoms with Crippen LogP contribution in [0.1, 0.15) is 12.7 Å². The third-order valence-corrected chi connectivity index (χ3v) is 2.65. The molecule has 0 saturated carbocycles. The van der Waals surface area contributed by atoms with E-state index in [2.05, 4.69) is 21.8 Å². The van der Waals surface area contributed by atoms with Gasteiger partial charge in [0.05, 0.1) is 19.3 Å². The molecule has 0 aromatic carbocycles. The highest BCUT2D eigenvalue weighted by molar-refractivity contribution is 6.29. The van der Waals surface area contributed by atoms with Crippen LogP contribution in [0.25, 0.3) is 0 Å². The van der Waals surface area contributed by atoms with Gasteiger partial charge in [-0.2, -0.15) is 0 Å². The Morgan fingerprint density at radius 2 is 2.33 bits per heavy atom. The first-order valence-corrected chi connectivity index (χ1v) is 5.40. The lowest BCUT2D eigenvalue weighted by Crippen LogP contribution is -2.44. The molecule has 1 saturated heterocycles. The van der Waals surface area contributed by atoms with Gasteiger partial charge in [0.15, 0.2) is 0 Å². The van der Waals surface area contributed by atoms with Crippen LogP contribution < -0.4 is 4.90 Å². The van der Waals surface area contributed by atoms with Gasteiger partial charge in [0, 0.05) is 12.6 Å². The molecule has 2 heterocycles. The van der Waals surface area contributed by atoms with Gasteiger partial charge in [-0.15, -0.1) is 0 Å².